The van der Waals surface area contributed by atoms with Crippen molar-refractivity contribution >= 4 is 11.8 Å². The monoisotopic (exact) mass is 158 g/mol. The Morgan fingerprint density at radius 1 is 1.70 bits per heavy atom. The highest BCUT2D eigenvalue weighted by Crippen LogP contribution is 2.13. The van der Waals surface area contributed by atoms with E-state index >= 15 is 0 Å². The molecule has 58 valence electrons. The Kier molecular flexibility index (Phi) is 6.89. The highest BCUT2D eigenvalue weighted by Gasteiger charge is 1.98. The normalized spacial score (nSPS) is 12.5. The Morgan fingerprint density at radius 2 is 2.40 bits per heavy atom. The van der Waals surface area contributed by atoms with Gasteiger partial charge in [0.05, 0.1) is 0 Å². The van der Waals surface area contributed by atoms with Crippen LogP contribution in [0, 0.1) is 12.3 Å². The first kappa shape index (κ1) is 9.87. The van der Waals surface area contributed by atoms with Crippen LogP contribution in [0.5, 0.6) is 0 Å². The van der Waals surface area contributed by atoms with E-state index in [1.54, 1.807) is 0 Å². The maximum absolute atomic E-state index is 8.54. The molecule has 0 saturated carbocycles. The number of aliphatic hydroxyl groups is 1. The van der Waals surface area contributed by atoms with E-state index in [1.165, 1.54) is 0 Å². The second kappa shape index (κ2) is 6.98. The summed E-state index contributed by atoms with van der Waals surface area (Å²) in [6, 6.07) is 0. The van der Waals surface area contributed by atoms with Gasteiger partial charge in [-0.2, -0.15) is 11.8 Å². The minimum Gasteiger partial charge on any atom is -0.396 e. The molecule has 0 heterocycles. The molecule has 1 N–H and O–H groups in total. The molecule has 0 aromatic carbocycles. The Labute approximate surface area is 67.2 Å². The molecule has 1 nitrogen and oxygen atoms in total. The van der Waals surface area contributed by atoms with E-state index < -0.39 is 0 Å². The number of thioether (sulfide) groups is 1. The molecule has 0 amide bonds. The molecule has 1 atom stereocenters. The summed E-state index contributed by atoms with van der Waals surface area (Å²) in [5.74, 6) is 3.59. The van der Waals surface area contributed by atoms with Crippen LogP contribution in [0.3, 0.4) is 0 Å². The van der Waals surface area contributed by atoms with Crippen LogP contribution in [0.1, 0.15) is 19.8 Å². The average Bonchev–Trinajstić information content (AvgIpc) is 1.89. The third kappa shape index (κ3) is 6.00. The van der Waals surface area contributed by atoms with Gasteiger partial charge in [0, 0.05) is 24.0 Å². The summed E-state index contributed by atoms with van der Waals surface area (Å²) in [6.07, 6.45) is 6.78. The van der Waals surface area contributed by atoms with Crippen molar-refractivity contribution in [1.82, 2.24) is 0 Å². The van der Waals surface area contributed by atoms with Crippen molar-refractivity contribution < 1.29 is 5.11 Å². The fraction of sp³-hybridized carbons (Fsp3) is 0.750. The molecule has 1 unspecified atom stereocenters. The molecule has 0 saturated heterocycles. The summed E-state index contributed by atoms with van der Waals surface area (Å²) in [7, 11) is 0. The van der Waals surface area contributed by atoms with Gasteiger partial charge in [-0.1, -0.05) is 6.92 Å². The second-order valence-electron chi connectivity index (χ2n) is 2.15. The molecule has 0 fully saturated rings. The van der Waals surface area contributed by atoms with Gasteiger partial charge in [-0.3, -0.25) is 0 Å². The lowest BCUT2D eigenvalue weighted by atomic mass is 10.3. The molecule has 10 heavy (non-hydrogen) atoms. The van der Waals surface area contributed by atoms with Crippen LogP contribution in [-0.2, 0) is 0 Å². The van der Waals surface area contributed by atoms with Gasteiger partial charge in [0.15, 0.2) is 0 Å². The van der Waals surface area contributed by atoms with Gasteiger partial charge in [0.1, 0.15) is 0 Å². The van der Waals surface area contributed by atoms with Gasteiger partial charge in [-0.15, -0.1) is 12.3 Å². The summed E-state index contributed by atoms with van der Waals surface area (Å²) >= 11 is 1.82. The third-order valence-electron chi connectivity index (χ3n) is 1.18. The number of terminal acetylenes is 1. The Hall–Kier alpha value is -0.130. The van der Waals surface area contributed by atoms with Crippen LogP contribution in [0.4, 0.5) is 0 Å². The maximum atomic E-state index is 8.54. The van der Waals surface area contributed by atoms with Crippen LogP contribution >= 0.6 is 11.8 Å². The van der Waals surface area contributed by atoms with Gasteiger partial charge in [-0.25, -0.2) is 0 Å². The zero-order chi connectivity index (χ0) is 7.82. The highest BCUT2D eigenvalue weighted by molar-refractivity contribution is 7.99. The first-order valence-corrected chi connectivity index (χ1v) is 4.52. The van der Waals surface area contributed by atoms with Gasteiger partial charge in [0.25, 0.3) is 0 Å². The molecular formula is C8H14OS. The standard InChI is InChI=1S/C8H14OS/c1-3-4-7-10-8(2)5-6-9/h1,8-9H,4-7H2,2H3. The Balaban J connectivity index is 3.06. The summed E-state index contributed by atoms with van der Waals surface area (Å²) < 4.78 is 0. The summed E-state index contributed by atoms with van der Waals surface area (Å²) in [6.45, 7) is 2.39. The number of rotatable bonds is 5. The molecule has 0 radical (unpaired) electrons. The van der Waals surface area contributed by atoms with Crippen molar-refractivity contribution in [1.29, 1.82) is 0 Å². The molecule has 0 rings (SSSR count). The number of aliphatic hydroxyl groups excluding tert-OH is 1. The quantitative estimate of drug-likeness (QED) is 0.483. The van der Waals surface area contributed by atoms with E-state index in [0.717, 1.165) is 18.6 Å². The first-order chi connectivity index (χ1) is 4.81. The molecular weight excluding hydrogens is 144 g/mol. The molecule has 0 aliphatic rings. The molecule has 0 bridgehead atoms. The summed E-state index contributed by atoms with van der Waals surface area (Å²) in [4.78, 5) is 0. The van der Waals surface area contributed by atoms with Crippen LogP contribution in [0.25, 0.3) is 0 Å². The van der Waals surface area contributed by atoms with Gasteiger partial charge < -0.3 is 5.11 Å². The molecule has 0 aromatic rings. The fourth-order valence-corrected chi connectivity index (χ4v) is 1.49. The first-order valence-electron chi connectivity index (χ1n) is 3.47. The topological polar surface area (TPSA) is 20.2 Å². The predicted octanol–water partition coefficient (Wildman–Crippen LogP) is 1.51. The minimum absolute atomic E-state index is 0.282. The predicted molar refractivity (Wildman–Crippen MR) is 47.1 cm³/mol. The number of hydrogen-bond donors (Lipinski definition) is 1. The van der Waals surface area contributed by atoms with Crippen LogP contribution in [0.2, 0.25) is 0 Å². The minimum atomic E-state index is 0.282. The van der Waals surface area contributed by atoms with E-state index in [4.69, 9.17) is 11.5 Å². The van der Waals surface area contributed by atoms with Crippen LogP contribution in [-0.4, -0.2) is 22.7 Å². The Morgan fingerprint density at radius 3 is 2.90 bits per heavy atom. The summed E-state index contributed by atoms with van der Waals surface area (Å²) in [5.41, 5.74) is 0. The average molecular weight is 158 g/mol. The Bertz CT molecular complexity index is 106. The third-order valence-corrected chi connectivity index (χ3v) is 2.43. The zero-order valence-electron chi connectivity index (χ0n) is 6.34. The number of hydrogen-bond acceptors (Lipinski definition) is 2. The lowest BCUT2D eigenvalue weighted by molar-refractivity contribution is 0.289. The molecule has 2 heteroatoms. The molecule has 0 spiro atoms. The van der Waals surface area contributed by atoms with Crippen molar-refractivity contribution in [2.75, 3.05) is 12.4 Å². The lowest BCUT2D eigenvalue weighted by Gasteiger charge is -2.06. The SMILES string of the molecule is C#CCCSC(C)CCO. The van der Waals surface area contributed by atoms with Crippen molar-refractivity contribution in [3.05, 3.63) is 0 Å². The van der Waals surface area contributed by atoms with E-state index in [9.17, 15) is 0 Å². The van der Waals surface area contributed by atoms with E-state index in [1.807, 2.05) is 11.8 Å². The summed E-state index contributed by atoms with van der Waals surface area (Å²) in [5, 5.41) is 9.08. The molecule has 0 aliphatic carbocycles. The van der Waals surface area contributed by atoms with Crippen molar-refractivity contribution in [2.24, 2.45) is 0 Å². The fourth-order valence-electron chi connectivity index (χ4n) is 0.584. The zero-order valence-corrected chi connectivity index (χ0v) is 7.16. The van der Waals surface area contributed by atoms with Crippen molar-refractivity contribution in [2.45, 2.75) is 25.0 Å². The van der Waals surface area contributed by atoms with E-state index in [2.05, 4.69) is 12.8 Å². The lowest BCUT2D eigenvalue weighted by Crippen LogP contribution is -1.99. The van der Waals surface area contributed by atoms with Gasteiger partial charge >= 0.3 is 0 Å². The van der Waals surface area contributed by atoms with Crippen molar-refractivity contribution in [3.8, 4) is 12.3 Å². The van der Waals surface area contributed by atoms with E-state index in [0.29, 0.717) is 5.25 Å². The largest absolute Gasteiger partial charge is 0.396 e. The molecule has 0 aliphatic heterocycles. The maximum Gasteiger partial charge on any atom is 0.0441 e. The second-order valence-corrected chi connectivity index (χ2v) is 3.69. The van der Waals surface area contributed by atoms with Crippen molar-refractivity contribution in [3.63, 3.8) is 0 Å². The van der Waals surface area contributed by atoms with Crippen LogP contribution < -0.4 is 0 Å². The van der Waals surface area contributed by atoms with Gasteiger partial charge in [-0.05, 0) is 6.42 Å². The molecule has 0 aromatic heterocycles. The highest BCUT2D eigenvalue weighted by atomic mass is 32.2. The van der Waals surface area contributed by atoms with Gasteiger partial charge in [0.2, 0.25) is 0 Å². The van der Waals surface area contributed by atoms with E-state index in [-0.39, 0.29) is 6.61 Å². The van der Waals surface area contributed by atoms with Crippen LogP contribution in [0.15, 0.2) is 0 Å². The smallest absolute Gasteiger partial charge is 0.0441 e.